The van der Waals surface area contributed by atoms with Crippen LogP contribution in [0.15, 0.2) is 11.6 Å². The number of esters is 1. The van der Waals surface area contributed by atoms with E-state index in [0.29, 0.717) is 19.3 Å². The first kappa shape index (κ1) is 24.7. The van der Waals surface area contributed by atoms with E-state index < -0.39 is 28.2 Å². The number of hydrogen-bond donors (Lipinski definition) is 0. The van der Waals surface area contributed by atoms with E-state index >= 15 is 0 Å². The molecule has 2 bridgehead atoms. The first-order chi connectivity index (χ1) is 17.3. The van der Waals surface area contributed by atoms with E-state index in [2.05, 4.69) is 41.5 Å². The van der Waals surface area contributed by atoms with Crippen LogP contribution in [-0.2, 0) is 33.3 Å². The van der Waals surface area contributed by atoms with Crippen molar-refractivity contribution in [1.29, 1.82) is 0 Å². The minimum Gasteiger partial charge on any atom is -0.456 e. The van der Waals surface area contributed by atoms with Crippen LogP contribution in [0.5, 0.6) is 0 Å². The second-order valence-electron chi connectivity index (χ2n) is 14.0. The van der Waals surface area contributed by atoms with Crippen molar-refractivity contribution in [3.8, 4) is 0 Å². The Morgan fingerprint density at radius 1 is 1.11 bits per heavy atom. The zero-order valence-corrected chi connectivity index (χ0v) is 23.3. The fraction of sp³-hybridized carbons (Fsp3) is 0.867. The maximum absolute atomic E-state index is 14.1. The molecule has 0 radical (unpaired) electrons. The third-order valence-corrected chi connectivity index (χ3v) is 12.2. The fourth-order valence-corrected chi connectivity index (χ4v) is 9.62. The fourth-order valence-electron chi connectivity index (χ4n) is 9.62. The van der Waals surface area contributed by atoms with E-state index in [1.165, 1.54) is 0 Å². The molecule has 0 aromatic heterocycles. The van der Waals surface area contributed by atoms with Crippen LogP contribution in [0.25, 0.3) is 0 Å². The molecule has 204 valence electrons. The zero-order chi connectivity index (χ0) is 26.3. The summed E-state index contributed by atoms with van der Waals surface area (Å²) in [5.74, 6) is -0.0739. The van der Waals surface area contributed by atoms with Gasteiger partial charge in [-0.2, -0.15) is 0 Å². The summed E-state index contributed by atoms with van der Waals surface area (Å²) in [7, 11) is 0. The maximum Gasteiger partial charge on any atom is 0.306 e. The molecule has 7 heteroatoms. The Hall–Kier alpha value is -1.28. The van der Waals surface area contributed by atoms with Gasteiger partial charge in [-0.25, -0.2) is 0 Å². The van der Waals surface area contributed by atoms with Crippen LogP contribution < -0.4 is 0 Å². The first-order valence-corrected chi connectivity index (χ1v) is 14.5. The van der Waals surface area contributed by atoms with Gasteiger partial charge in [0.2, 0.25) is 0 Å². The van der Waals surface area contributed by atoms with Gasteiger partial charge in [0.05, 0.1) is 17.8 Å². The Balaban J connectivity index is 1.20. The van der Waals surface area contributed by atoms with E-state index in [-0.39, 0.29) is 59.7 Å². The lowest BCUT2D eigenvalue weighted by atomic mass is 9.53. The van der Waals surface area contributed by atoms with Crippen molar-refractivity contribution in [2.45, 2.75) is 128 Å². The van der Waals surface area contributed by atoms with Crippen LogP contribution in [0, 0.1) is 35.0 Å². The minimum atomic E-state index is -1.01. The quantitative estimate of drug-likeness (QED) is 0.398. The highest BCUT2D eigenvalue weighted by atomic mass is 16.9. The van der Waals surface area contributed by atoms with Gasteiger partial charge < -0.3 is 23.7 Å². The molecule has 4 aliphatic heterocycles. The summed E-state index contributed by atoms with van der Waals surface area (Å²) in [6.45, 7) is 15.0. The lowest BCUT2D eigenvalue weighted by Crippen LogP contribution is -2.57. The standard InChI is InChI=1S/C30H42O7/c1-8-30-34-20(14-27(6,37-30)26(4,5)36-30)15(2)18-9-10-19-23-17(13-21(31)28(18,19)7)16(3)29(25-24(23)33-25)12-11-22(32)35-29/h13,15-16,18-20,23-25H,8-12,14H2,1-7H3/t15-,16-,18+,19-,20+,23-,24-,25-,27+,28+,29+,30-/m0/s1. The second kappa shape index (κ2) is 7.26. The zero-order valence-electron chi connectivity index (χ0n) is 23.3. The van der Waals surface area contributed by atoms with Crippen molar-refractivity contribution in [1.82, 2.24) is 0 Å². The van der Waals surface area contributed by atoms with Gasteiger partial charge in [0.15, 0.2) is 5.78 Å². The highest BCUT2D eigenvalue weighted by Gasteiger charge is 2.74. The summed E-state index contributed by atoms with van der Waals surface area (Å²) in [6, 6.07) is 0. The molecule has 0 amide bonds. The summed E-state index contributed by atoms with van der Waals surface area (Å²) < 4.78 is 31.7. The smallest absolute Gasteiger partial charge is 0.306 e. The predicted octanol–water partition coefficient (Wildman–Crippen LogP) is 4.71. The first-order valence-electron chi connectivity index (χ1n) is 14.5. The molecule has 0 unspecified atom stereocenters. The van der Waals surface area contributed by atoms with Gasteiger partial charge >= 0.3 is 5.97 Å². The van der Waals surface area contributed by atoms with Crippen molar-refractivity contribution in [2.24, 2.45) is 35.0 Å². The number of rotatable bonds is 3. The van der Waals surface area contributed by atoms with Crippen LogP contribution in [-0.4, -0.2) is 52.8 Å². The highest BCUT2D eigenvalue weighted by Crippen LogP contribution is 2.67. The summed E-state index contributed by atoms with van der Waals surface area (Å²) >= 11 is 0. The van der Waals surface area contributed by atoms with E-state index in [1.54, 1.807) is 0 Å². The summed E-state index contributed by atoms with van der Waals surface area (Å²) in [4.78, 5) is 26.2. The van der Waals surface area contributed by atoms with Crippen molar-refractivity contribution in [3.63, 3.8) is 0 Å². The molecule has 7 nitrogen and oxygen atoms in total. The largest absolute Gasteiger partial charge is 0.456 e. The van der Waals surface area contributed by atoms with E-state index in [4.69, 9.17) is 23.7 Å². The molecule has 6 fully saturated rings. The molecule has 0 aromatic carbocycles. The molecule has 7 rings (SSSR count). The number of carbonyl (C=O) groups is 2. The Morgan fingerprint density at radius 2 is 1.86 bits per heavy atom. The SMILES string of the molecule is CC[C@@]12O[C@@H]([C@@H](C)[C@H]3CC[C@H]4[C@@H]5C(=CC(=O)[C@]34C)[C@H](C)[C@]3(CCC(=O)O3)[C@H]3O[C@@H]53)C[C@@](C)(O1)C(C)(C)O2. The van der Waals surface area contributed by atoms with Crippen LogP contribution >= 0.6 is 0 Å². The third-order valence-electron chi connectivity index (χ3n) is 12.2. The van der Waals surface area contributed by atoms with E-state index in [1.807, 2.05) is 13.0 Å². The summed E-state index contributed by atoms with van der Waals surface area (Å²) in [5.41, 5.74) is -0.785. The average molecular weight is 515 g/mol. The van der Waals surface area contributed by atoms with Crippen LogP contribution in [0.3, 0.4) is 0 Å². The third kappa shape index (κ3) is 2.93. The predicted molar refractivity (Wildman–Crippen MR) is 133 cm³/mol. The second-order valence-corrected chi connectivity index (χ2v) is 14.0. The van der Waals surface area contributed by atoms with Crippen molar-refractivity contribution in [3.05, 3.63) is 11.6 Å². The number of hydrogen-bond acceptors (Lipinski definition) is 7. The Morgan fingerprint density at radius 3 is 2.54 bits per heavy atom. The summed E-state index contributed by atoms with van der Waals surface area (Å²) in [5, 5.41) is 0. The van der Waals surface area contributed by atoms with Gasteiger partial charge in [-0.1, -0.05) is 33.3 Å². The molecule has 12 atom stereocenters. The Kier molecular flexibility index (Phi) is 4.86. The number of ketones is 1. The molecule has 4 saturated heterocycles. The maximum atomic E-state index is 14.1. The highest BCUT2D eigenvalue weighted by molar-refractivity contribution is 5.97. The molecule has 0 N–H and O–H groups in total. The molecule has 1 spiro atoms. The number of fused-ring (bicyclic) bond motifs is 8. The van der Waals surface area contributed by atoms with Gasteiger partial charge in [0.25, 0.3) is 5.97 Å². The average Bonchev–Trinajstić information content (AvgIpc) is 3.37. The number of allylic oxidation sites excluding steroid dienone is 1. The molecular formula is C30H42O7. The van der Waals surface area contributed by atoms with Gasteiger partial charge in [0, 0.05) is 42.9 Å². The van der Waals surface area contributed by atoms with Gasteiger partial charge in [0.1, 0.15) is 17.3 Å². The lowest BCUT2D eigenvalue weighted by Gasteiger charge is -2.51. The molecule has 4 heterocycles. The van der Waals surface area contributed by atoms with Gasteiger partial charge in [-0.3, -0.25) is 9.59 Å². The van der Waals surface area contributed by atoms with Gasteiger partial charge in [-0.05, 0) is 57.4 Å². The number of carbonyl (C=O) groups excluding carboxylic acids is 2. The molecule has 0 aromatic rings. The van der Waals surface area contributed by atoms with Crippen LogP contribution in [0.1, 0.15) is 87.0 Å². The van der Waals surface area contributed by atoms with Crippen molar-refractivity contribution >= 4 is 11.8 Å². The van der Waals surface area contributed by atoms with Crippen LogP contribution in [0.4, 0.5) is 0 Å². The van der Waals surface area contributed by atoms with E-state index in [9.17, 15) is 9.59 Å². The number of ether oxygens (including phenoxy) is 5. The molecule has 3 aliphatic carbocycles. The van der Waals surface area contributed by atoms with Gasteiger partial charge in [-0.15, -0.1) is 0 Å². The summed E-state index contributed by atoms with van der Waals surface area (Å²) in [6.07, 6.45) is 6.39. The van der Waals surface area contributed by atoms with Crippen LogP contribution in [0.2, 0.25) is 0 Å². The molecule has 7 aliphatic rings. The molecule has 2 saturated carbocycles. The number of epoxide rings is 1. The topological polar surface area (TPSA) is 83.6 Å². The molecular weight excluding hydrogens is 472 g/mol. The van der Waals surface area contributed by atoms with E-state index in [0.717, 1.165) is 24.8 Å². The minimum absolute atomic E-state index is 0.0101. The Labute approximate surface area is 219 Å². The Bertz CT molecular complexity index is 1090. The van der Waals surface area contributed by atoms with Crippen molar-refractivity contribution < 1.29 is 33.3 Å². The lowest BCUT2D eigenvalue weighted by molar-refractivity contribution is -0.396. The molecule has 37 heavy (non-hydrogen) atoms. The normalized spacial score (nSPS) is 55.9. The van der Waals surface area contributed by atoms with Crippen molar-refractivity contribution in [2.75, 3.05) is 0 Å². The monoisotopic (exact) mass is 514 g/mol.